The van der Waals surface area contributed by atoms with E-state index in [0.29, 0.717) is 13.1 Å². The first-order valence-electron chi connectivity index (χ1n) is 8.19. The number of likely N-dealkylation sites (N-methyl/N-ethyl adjacent to an activating group) is 1. The summed E-state index contributed by atoms with van der Waals surface area (Å²) >= 11 is 0. The lowest BCUT2D eigenvalue weighted by atomic mass is 10.2. The van der Waals surface area contributed by atoms with E-state index in [2.05, 4.69) is 22.3 Å². The van der Waals surface area contributed by atoms with Crippen LogP contribution in [-0.2, 0) is 11.3 Å². The van der Waals surface area contributed by atoms with Gasteiger partial charge in [0.25, 0.3) is 5.91 Å². The number of carbonyl (C=O) groups is 1. The van der Waals surface area contributed by atoms with Crippen molar-refractivity contribution in [2.24, 2.45) is 0 Å². The molecule has 23 heavy (non-hydrogen) atoms. The molecule has 1 atom stereocenters. The van der Waals surface area contributed by atoms with Crippen molar-refractivity contribution in [2.45, 2.75) is 19.4 Å². The number of anilines is 2. The summed E-state index contributed by atoms with van der Waals surface area (Å²) in [5, 5.41) is 2.96. The molecule has 0 saturated carbocycles. The van der Waals surface area contributed by atoms with Gasteiger partial charge in [-0.05, 0) is 49.2 Å². The number of rotatable bonds is 6. The Labute approximate surface area is 136 Å². The van der Waals surface area contributed by atoms with Crippen LogP contribution in [0.25, 0.3) is 0 Å². The van der Waals surface area contributed by atoms with Crippen molar-refractivity contribution >= 4 is 17.3 Å². The number of amides is 1. The van der Waals surface area contributed by atoms with Gasteiger partial charge in [0, 0.05) is 24.5 Å². The second-order valence-corrected chi connectivity index (χ2v) is 6.18. The second-order valence-electron chi connectivity index (χ2n) is 6.18. The largest absolute Gasteiger partial charge is 0.463 e. The summed E-state index contributed by atoms with van der Waals surface area (Å²) in [6.45, 7) is 3.38. The highest BCUT2D eigenvalue weighted by molar-refractivity contribution is 5.91. The molecule has 1 aromatic carbocycles. The van der Waals surface area contributed by atoms with Crippen molar-refractivity contribution in [3.8, 4) is 0 Å². The molecule has 1 unspecified atom stereocenters. The fourth-order valence-corrected chi connectivity index (χ4v) is 2.98. The number of benzene rings is 1. The third-order valence-electron chi connectivity index (χ3n) is 4.14. The zero-order chi connectivity index (χ0) is 16.1. The van der Waals surface area contributed by atoms with E-state index in [0.717, 1.165) is 29.4 Å². The van der Waals surface area contributed by atoms with Crippen molar-refractivity contribution in [2.75, 3.05) is 36.9 Å². The van der Waals surface area contributed by atoms with Crippen LogP contribution in [0, 0.1) is 0 Å². The molecule has 2 heterocycles. The van der Waals surface area contributed by atoms with Crippen LogP contribution in [0.3, 0.4) is 0 Å². The van der Waals surface area contributed by atoms with Crippen LogP contribution in [0.4, 0.5) is 11.4 Å². The summed E-state index contributed by atoms with van der Waals surface area (Å²) in [4.78, 5) is 15.6. The van der Waals surface area contributed by atoms with E-state index in [9.17, 15) is 4.79 Å². The van der Waals surface area contributed by atoms with Crippen molar-refractivity contribution in [3.63, 3.8) is 0 Å². The van der Waals surface area contributed by atoms with Gasteiger partial charge in [0.2, 0.25) is 0 Å². The van der Waals surface area contributed by atoms with Gasteiger partial charge in [0.1, 0.15) is 6.54 Å². The molecule has 3 rings (SSSR count). The van der Waals surface area contributed by atoms with Crippen molar-refractivity contribution in [1.29, 1.82) is 0 Å². The topological polar surface area (TPSA) is 49.9 Å². The van der Waals surface area contributed by atoms with E-state index in [1.807, 2.05) is 31.3 Å². The maximum Gasteiger partial charge on any atom is 0.279 e. The molecule has 0 aliphatic carbocycles. The minimum Gasteiger partial charge on any atom is -0.463 e. The lowest BCUT2D eigenvalue weighted by Gasteiger charge is -2.18. The van der Waals surface area contributed by atoms with Gasteiger partial charge in [-0.2, -0.15) is 0 Å². The molecule has 1 aromatic heterocycles. The highest BCUT2D eigenvalue weighted by Crippen LogP contribution is 2.21. The number of hydrogen-bond donors (Lipinski definition) is 2. The number of furan rings is 1. The molecular formula is C18H24N3O2+. The summed E-state index contributed by atoms with van der Waals surface area (Å²) in [5.41, 5.74) is 2.09. The molecular weight excluding hydrogens is 290 g/mol. The molecule has 122 valence electrons. The lowest BCUT2D eigenvalue weighted by Crippen LogP contribution is -3.08. The number of quaternary nitrogens is 1. The normalized spacial score (nSPS) is 15.6. The Bertz CT molecular complexity index is 616. The number of carbonyl (C=O) groups excluding carboxylic acids is 1. The number of nitrogens with zero attached hydrogens (tertiary/aromatic N) is 1. The Balaban J connectivity index is 1.49. The Hall–Kier alpha value is -2.27. The minimum atomic E-state index is 0.0166. The van der Waals surface area contributed by atoms with Gasteiger partial charge in [-0.3, -0.25) is 4.79 Å². The maximum atomic E-state index is 12.1. The average Bonchev–Trinajstić information content (AvgIpc) is 3.20. The highest BCUT2D eigenvalue weighted by Gasteiger charge is 2.14. The van der Waals surface area contributed by atoms with Crippen LogP contribution in [-0.4, -0.2) is 32.6 Å². The molecule has 1 amide bonds. The smallest absolute Gasteiger partial charge is 0.279 e. The van der Waals surface area contributed by atoms with Crippen LogP contribution in [0.2, 0.25) is 0 Å². The van der Waals surface area contributed by atoms with E-state index < -0.39 is 0 Å². The quantitative estimate of drug-likeness (QED) is 0.850. The van der Waals surface area contributed by atoms with Crippen LogP contribution in [0.5, 0.6) is 0 Å². The van der Waals surface area contributed by atoms with Crippen LogP contribution in [0.15, 0.2) is 47.1 Å². The SMILES string of the molecule is C[NH+](CC(=O)Nc1ccc(N2CCCC2)cc1)Cc1ccco1. The molecule has 1 saturated heterocycles. The second kappa shape index (κ2) is 7.33. The van der Waals surface area contributed by atoms with Gasteiger partial charge < -0.3 is 19.5 Å². The molecule has 1 aliphatic rings. The molecule has 1 aliphatic heterocycles. The summed E-state index contributed by atoms with van der Waals surface area (Å²) in [7, 11) is 1.98. The van der Waals surface area contributed by atoms with E-state index in [1.54, 1.807) is 6.26 Å². The highest BCUT2D eigenvalue weighted by atomic mass is 16.3. The Kier molecular flexibility index (Phi) is 4.98. The monoisotopic (exact) mass is 314 g/mol. The summed E-state index contributed by atoms with van der Waals surface area (Å²) in [6.07, 6.45) is 4.19. The molecule has 1 fully saturated rings. The predicted molar refractivity (Wildman–Crippen MR) is 90.7 cm³/mol. The van der Waals surface area contributed by atoms with Gasteiger partial charge in [0.15, 0.2) is 12.3 Å². The first-order valence-corrected chi connectivity index (χ1v) is 8.19. The predicted octanol–water partition coefficient (Wildman–Crippen LogP) is 1.53. The zero-order valence-electron chi connectivity index (χ0n) is 13.5. The summed E-state index contributed by atoms with van der Waals surface area (Å²) in [6, 6.07) is 11.9. The van der Waals surface area contributed by atoms with Crippen molar-refractivity contribution in [3.05, 3.63) is 48.4 Å². The Morgan fingerprint density at radius 1 is 1.22 bits per heavy atom. The first-order chi connectivity index (χ1) is 11.2. The molecule has 0 radical (unpaired) electrons. The minimum absolute atomic E-state index is 0.0166. The summed E-state index contributed by atoms with van der Waals surface area (Å²) in [5.74, 6) is 0.910. The fourth-order valence-electron chi connectivity index (χ4n) is 2.98. The van der Waals surface area contributed by atoms with Gasteiger partial charge in [-0.1, -0.05) is 0 Å². The number of hydrogen-bond acceptors (Lipinski definition) is 3. The maximum absolute atomic E-state index is 12.1. The molecule has 2 N–H and O–H groups in total. The van der Waals surface area contributed by atoms with Crippen LogP contribution >= 0.6 is 0 Å². The van der Waals surface area contributed by atoms with Gasteiger partial charge in [-0.25, -0.2) is 0 Å². The molecule has 5 heteroatoms. The fraction of sp³-hybridized carbons (Fsp3) is 0.389. The van der Waals surface area contributed by atoms with E-state index >= 15 is 0 Å². The van der Waals surface area contributed by atoms with E-state index in [4.69, 9.17) is 4.42 Å². The zero-order valence-corrected chi connectivity index (χ0v) is 13.5. The molecule has 2 aromatic rings. The van der Waals surface area contributed by atoms with E-state index in [1.165, 1.54) is 18.5 Å². The standard InChI is InChI=1S/C18H23N3O2/c1-20(13-17-5-4-12-23-17)14-18(22)19-15-6-8-16(9-7-15)21-10-2-3-11-21/h4-9,12H,2-3,10-11,13-14H2,1H3,(H,19,22)/p+1. The third-order valence-corrected chi connectivity index (χ3v) is 4.14. The lowest BCUT2D eigenvalue weighted by molar-refractivity contribution is -0.886. The van der Waals surface area contributed by atoms with Crippen LogP contribution < -0.4 is 15.1 Å². The Morgan fingerprint density at radius 2 is 1.96 bits per heavy atom. The van der Waals surface area contributed by atoms with Gasteiger partial charge >= 0.3 is 0 Å². The molecule has 0 spiro atoms. The third kappa shape index (κ3) is 4.36. The Morgan fingerprint density at radius 3 is 2.61 bits per heavy atom. The number of nitrogens with one attached hydrogen (secondary N) is 2. The molecule has 0 bridgehead atoms. The van der Waals surface area contributed by atoms with Gasteiger partial charge in [-0.15, -0.1) is 0 Å². The van der Waals surface area contributed by atoms with Gasteiger partial charge in [0.05, 0.1) is 13.3 Å². The molecule has 5 nitrogen and oxygen atoms in total. The van der Waals surface area contributed by atoms with Crippen molar-refractivity contribution < 1.29 is 14.1 Å². The average molecular weight is 314 g/mol. The van der Waals surface area contributed by atoms with E-state index in [-0.39, 0.29) is 5.91 Å². The van der Waals surface area contributed by atoms with Crippen molar-refractivity contribution in [1.82, 2.24) is 0 Å². The van der Waals surface area contributed by atoms with Crippen LogP contribution in [0.1, 0.15) is 18.6 Å². The summed E-state index contributed by atoms with van der Waals surface area (Å²) < 4.78 is 5.31. The first kappa shape index (κ1) is 15.6.